The molecule has 1 fully saturated rings. The van der Waals surface area contributed by atoms with Gasteiger partial charge in [-0.2, -0.15) is 17.4 Å². The molecule has 0 aromatic carbocycles. The van der Waals surface area contributed by atoms with Crippen LogP contribution < -0.4 is 4.72 Å². The Bertz CT molecular complexity index is 774. The maximum Gasteiger partial charge on any atom is 0.280 e. The third-order valence-corrected chi connectivity index (χ3v) is 5.64. The number of hydrogen-bond acceptors (Lipinski definition) is 5. The van der Waals surface area contributed by atoms with E-state index in [9.17, 15) is 8.42 Å². The average Bonchev–Trinajstić information content (AvgIpc) is 3.18. The predicted octanol–water partition coefficient (Wildman–Crippen LogP) is 2.36. The maximum absolute atomic E-state index is 12.6. The maximum atomic E-state index is 12.6. The van der Waals surface area contributed by atoms with Gasteiger partial charge in [0.2, 0.25) is 5.89 Å². The van der Waals surface area contributed by atoms with E-state index in [2.05, 4.69) is 9.71 Å². The molecule has 2 aromatic heterocycles. The van der Waals surface area contributed by atoms with E-state index in [4.69, 9.17) is 8.83 Å². The monoisotopic (exact) mass is 339 g/mol. The number of nitrogens with zero attached hydrogens (tertiary/aromatic N) is 2. The molecule has 23 heavy (non-hydrogen) atoms. The summed E-state index contributed by atoms with van der Waals surface area (Å²) in [5.41, 5.74) is 0.768. The van der Waals surface area contributed by atoms with Crippen LogP contribution in [0.3, 0.4) is 0 Å². The molecule has 1 aliphatic heterocycles. The van der Waals surface area contributed by atoms with Crippen LogP contribution in [0.4, 0.5) is 0 Å². The molecule has 126 valence electrons. The molecular formula is C15H21N3O4S. The molecule has 1 N–H and O–H groups in total. The van der Waals surface area contributed by atoms with E-state index in [0.29, 0.717) is 24.0 Å². The molecule has 3 rings (SSSR count). The van der Waals surface area contributed by atoms with Crippen molar-refractivity contribution in [3.63, 3.8) is 0 Å². The molecule has 1 saturated heterocycles. The van der Waals surface area contributed by atoms with Gasteiger partial charge in [0.25, 0.3) is 10.2 Å². The van der Waals surface area contributed by atoms with Gasteiger partial charge in [-0.05, 0) is 45.7 Å². The lowest BCUT2D eigenvalue weighted by atomic mass is 10.2. The third kappa shape index (κ3) is 3.34. The van der Waals surface area contributed by atoms with Crippen LogP contribution in [0.15, 0.2) is 21.0 Å². The molecule has 8 heteroatoms. The third-order valence-electron chi connectivity index (χ3n) is 4.08. The summed E-state index contributed by atoms with van der Waals surface area (Å²) in [6.45, 7) is 5.99. The van der Waals surface area contributed by atoms with Crippen molar-refractivity contribution in [1.29, 1.82) is 0 Å². The molecule has 1 atom stereocenters. The summed E-state index contributed by atoms with van der Waals surface area (Å²) in [6.07, 6.45) is 1.56. The first-order valence-electron chi connectivity index (χ1n) is 7.62. The molecule has 0 saturated carbocycles. The van der Waals surface area contributed by atoms with Crippen LogP contribution in [0.1, 0.15) is 47.7 Å². The molecule has 0 unspecified atom stereocenters. The highest BCUT2D eigenvalue weighted by molar-refractivity contribution is 7.87. The second-order valence-electron chi connectivity index (χ2n) is 5.79. The fourth-order valence-corrected chi connectivity index (χ4v) is 4.18. The molecule has 3 heterocycles. The van der Waals surface area contributed by atoms with E-state index in [-0.39, 0.29) is 12.6 Å². The van der Waals surface area contributed by atoms with Crippen molar-refractivity contribution < 1.29 is 17.3 Å². The van der Waals surface area contributed by atoms with E-state index in [1.807, 2.05) is 26.0 Å². The first kappa shape index (κ1) is 16.2. The van der Waals surface area contributed by atoms with Gasteiger partial charge in [-0.25, -0.2) is 4.98 Å². The zero-order valence-electron chi connectivity index (χ0n) is 13.5. The van der Waals surface area contributed by atoms with Gasteiger partial charge in [0.15, 0.2) is 0 Å². The van der Waals surface area contributed by atoms with Gasteiger partial charge in [-0.3, -0.25) is 0 Å². The number of hydrogen-bond donors (Lipinski definition) is 1. The quantitative estimate of drug-likeness (QED) is 0.903. The van der Waals surface area contributed by atoms with Gasteiger partial charge in [0.1, 0.15) is 17.3 Å². The molecule has 0 spiro atoms. The van der Waals surface area contributed by atoms with Crippen molar-refractivity contribution in [3.8, 4) is 0 Å². The van der Waals surface area contributed by atoms with Crippen molar-refractivity contribution >= 4 is 10.2 Å². The van der Waals surface area contributed by atoms with Crippen LogP contribution in [0.5, 0.6) is 0 Å². The number of furan rings is 1. The Morgan fingerprint density at radius 1 is 1.30 bits per heavy atom. The smallest absolute Gasteiger partial charge is 0.280 e. The van der Waals surface area contributed by atoms with Crippen LogP contribution in [-0.2, 0) is 16.8 Å². The van der Waals surface area contributed by atoms with E-state index >= 15 is 0 Å². The number of rotatable bonds is 5. The Morgan fingerprint density at radius 3 is 2.70 bits per heavy atom. The lowest BCUT2D eigenvalue weighted by Crippen LogP contribution is -2.39. The summed E-state index contributed by atoms with van der Waals surface area (Å²) in [6, 6.07) is 3.44. The van der Waals surface area contributed by atoms with Crippen LogP contribution in [-0.4, -0.2) is 24.3 Å². The highest BCUT2D eigenvalue weighted by Crippen LogP contribution is 2.34. The number of oxazole rings is 1. The van der Waals surface area contributed by atoms with Gasteiger partial charge in [-0.15, -0.1) is 0 Å². The minimum absolute atomic E-state index is 0.0391. The first-order chi connectivity index (χ1) is 10.9. The Kier molecular flexibility index (Phi) is 4.31. The molecule has 0 radical (unpaired) electrons. The lowest BCUT2D eigenvalue weighted by Gasteiger charge is -2.22. The summed E-state index contributed by atoms with van der Waals surface area (Å²) >= 11 is 0. The highest BCUT2D eigenvalue weighted by Gasteiger charge is 2.36. The van der Waals surface area contributed by atoms with Gasteiger partial charge < -0.3 is 8.83 Å². The fraction of sp³-hybridized carbons (Fsp3) is 0.533. The normalized spacial score (nSPS) is 19.5. The van der Waals surface area contributed by atoms with Crippen LogP contribution in [0.2, 0.25) is 0 Å². The largest absolute Gasteiger partial charge is 0.465 e. The summed E-state index contributed by atoms with van der Waals surface area (Å²) in [5, 5.41) is 0. The van der Waals surface area contributed by atoms with Crippen molar-refractivity contribution in [2.24, 2.45) is 0 Å². The Morgan fingerprint density at radius 2 is 2.09 bits per heavy atom. The first-order valence-corrected chi connectivity index (χ1v) is 9.06. The van der Waals surface area contributed by atoms with Crippen molar-refractivity contribution in [1.82, 2.24) is 14.0 Å². The van der Waals surface area contributed by atoms with Gasteiger partial charge in [0, 0.05) is 6.54 Å². The van der Waals surface area contributed by atoms with Crippen molar-refractivity contribution in [2.45, 2.75) is 46.2 Å². The summed E-state index contributed by atoms with van der Waals surface area (Å²) in [7, 11) is -3.63. The van der Waals surface area contributed by atoms with Crippen LogP contribution in [0.25, 0.3) is 0 Å². The molecule has 7 nitrogen and oxygen atoms in total. The average molecular weight is 339 g/mol. The molecule has 0 aliphatic carbocycles. The molecular weight excluding hydrogens is 318 g/mol. The molecule has 0 amide bonds. The van der Waals surface area contributed by atoms with Crippen LogP contribution >= 0.6 is 0 Å². The number of aromatic nitrogens is 1. The van der Waals surface area contributed by atoms with Crippen molar-refractivity contribution in [2.75, 3.05) is 6.54 Å². The molecule has 0 bridgehead atoms. The Labute approximate surface area is 135 Å². The Balaban J connectivity index is 1.73. The standard InChI is InChI=1S/C15H21N3O4S/c1-10-6-7-14(21-10)13-5-4-8-18(13)23(19,20)16-9-15-17-11(2)12(3)22-15/h6-7,13,16H,4-5,8-9H2,1-3H3/t13-/m0/s1. The fourth-order valence-electron chi connectivity index (χ4n) is 2.80. The topological polar surface area (TPSA) is 88.6 Å². The second-order valence-corrected chi connectivity index (χ2v) is 7.50. The predicted molar refractivity (Wildman–Crippen MR) is 83.9 cm³/mol. The minimum atomic E-state index is -3.63. The summed E-state index contributed by atoms with van der Waals surface area (Å²) in [5.74, 6) is 2.54. The minimum Gasteiger partial charge on any atom is -0.465 e. The van der Waals surface area contributed by atoms with Gasteiger partial charge >= 0.3 is 0 Å². The number of aryl methyl sites for hydroxylation is 3. The SMILES string of the molecule is Cc1ccc([C@@H]2CCCN2S(=O)(=O)NCc2nc(C)c(C)o2)o1. The van der Waals surface area contributed by atoms with E-state index in [1.165, 1.54) is 4.31 Å². The van der Waals surface area contributed by atoms with E-state index in [0.717, 1.165) is 24.3 Å². The molecule has 1 aliphatic rings. The Hall–Kier alpha value is -1.64. The lowest BCUT2D eigenvalue weighted by molar-refractivity contribution is 0.329. The highest BCUT2D eigenvalue weighted by atomic mass is 32.2. The zero-order chi connectivity index (χ0) is 16.6. The van der Waals surface area contributed by atoms with Crippen molar-refractivity contribution in [3.05, 3.63) is 41.0 Å². The van der Waals surface area contributed by atoms with Gasteiger partial charge in [-0.1, -0.05) is 0 Å². The van der Waals surface area contributed by atoms with E-state index in [1.54, 1.807) is 6.92 Å². The van der Waals surface area contributed by atoms with Gasteiger partial charge in [0.05, 0.1) is 18.3 Å². The van der Waals surface area contributed by atoms with Crippen LogP contribution in [0, 0.1) is 20.8 Å². The molecule has 2 aromatic rings. The number of nitrogens with one attached hydrogen (secondary N) is 1. The summed E-state index contributed by atoms with van der Waals surface area (Å²) < 4.78 is 40.2. The zero-order valence-corrected chi connectivity index (χ0v) is 14.3. The second kappa shape index (κ2) is 6.10. The summed E-state index contributed by atoms with van der Waals surface area (Å²) in [4.78, 5) is 4.19. The van der Waals surface area contributed by atoms with E-state index < -0.39 is 10.2 Å².